The molecular weight excluding hydrogens is 298 g/mol. The highest BCUT2D eigenvalue weighted by molar-refractivity contribution is 7.18. The van der Waals surface area contributed by atoms with Crippen molar-refractivity contribution in [2.45, 2.75) is 38.5 Å². The minimum atomic E-state index is -0.0812. The Morgan fingerprint density at radius 1 is 1.55 bits per heavy atom. The highest BCUT2D eigenvalue weighted by Gasteiger charge is 2.24. The van der Waals surface area contributed by atoms with Crippen LogP contribution in [-0.4, -0.2) is 41.7 Å². The van der Waals surface area contributed by atoms with Crippen LogP contribution in [0, 0.1) is 0 Å². The lowest BCUT2D eigenvalue weighted by molar-refractivity contribution is 0.0838. The molecule has 0 spiro atoms. The van der Waals surface area contributed by atoms with Crippen molar-refractivity contribution in [1.29, 1.82) is 0 Å². The maximum absolute atomic E-state index is 12.3. The third-order valence-electron chi connectivity index (χ3n) is 3.93. The molecule has 2 heterocycles. The molecule has 22 heavy (non-hydrogen) atoms. The SMILES string of the molecule is C[C@H](NC(=O)N(C)Cc1nc2ccccc2s1)[C@@H]1CCCO1. The van der Waals surface area contributed by atoms with Crippen LogP contribution in [0.2, 0.25) is 0 Å². The Morgan fingerprint density at radius 2 is 2.36 bits per heavy atom. The van der Waals surface area contributed by atoms with Crippen LogP contribution in [0.5, 0.6) is 0 Å². The zero-order valence-corrected chi connectivity index (χ0v) is 13.7. The van der Waals surface area contributed by atoms with Gasteiger partial charge in [0.05, 0.1) is 28.9 Å². The normalized spacial score (nSPS) is 19.3. The summed E-state index contributed by atoms with van der Waals surface area (Å²) in [4.78, 5) is 18.5. The second-order valence-corrected chi connectivity index (χ2v) is 6.84. The number of hydrogen-bond donors (Lipinski definition) is 1. The maximum Gasteiger partial charge on any atom is 0.317 e. The fourth-order valence-electron chi connectivity index (χ4n) is 2.66. The molecule has 1 aromatic carbocycles. The number of ether oxygens (including phenoxy) is 1. The van der Waals surface area contributed by atoms with Gasteiger partial charge in [0.2, 0.25) is 0 Å². The molecule has 3 rings (SSSR count). The second kappa shape index (κ2) is 6.62. The summed E-state index contributed by atoms with van der Waals surface area (Å²) in [6, 6.07) is 7.98. The number of fused-ring (bicyclic) bond motifs is 1. The summed E-state index contributed by atoms with van der Waals surface area (Å²) in [5.74, 6) is 0. The molecule has 1 saturated heterocycles. The van der Waals surface area contributed by atoms with Crippen molar-refractivity contribution in [3.63, 3.8) is 0 Å². The minimum Gasteiger partial charge on any atom is -0.376 e. The summed E-state index contributed by atoms with van der Waals surface area (Å²) in [6.07, 6.45) is 2.23. The molecule has 0 saturated carbocycles. The summed E-state index contributed by atoms with van der Waals surface area (Å²) in [7, 11) is 1.80. The number of para-hydroxylation sites is 1. The number of thiazole rings is 1. The van der Waals surface area contributed by atoms with Crippen molar-refractivity contribution in [1.82, 2.24) is 15.2 Å². The predicted octanol–water partition coefficient (Wildman–Crippen LogP) is 3.01. The van der Waals surface area contributed by atoms with Gasteiger partial charge in [-0.3, -0.25) is 0 Å². The number of amides is 2. The Bertz CT molecular complexity index is 619. The van der Waals surface area contributed by atoms with Crippen LogP contribution in [0.15, 0.2) is 24.3 Å². The number of nitrogens with zero attached hydrogens (tertiary/aromatic N) is 2. The van der Waals surface area contributed by atoms with Gasteiger partial charge >= 0.3 is 6.03 Å². The van der Waals surface area contributed by atoms with E-state index in [1.165, 1.54) is 0 Å². The largest absolute Gasteiger partial charge is 0.376 e. The zero-order chi connectivity index (χ0) is 15.5. The van der Waals surface area contributed by atoms with E-state index in [1.807, 2.05) is 25.1 Å². The average Bonchev–Trinajstić information content (AvgIpc) is 3.15. The van der Waals surface area contributed by atoms with Crippen LogP contribution < -0.4 is 5.32 Å². The van der Waals surface area contributed by atoms with Crippen LogP contribution in [0.1, 0.15) is 24.8 Å². The van der Waals surface area contributed by atoms with Crippen LogP contribution >= 0.6 is 11.3 Å². The number of aromatic nitrogens is 1. The number of benzene rings is 1. The van der Waals surface area contributed by atoms with Crippen molar-refractivity contribution in [3.8, 4) is 0 Å². The van der Waals surface area contributed by atoms with Crippen LogP contribution in [-0.2, 0) is 11.3 Å². The molecule has 1 aliphatic heterocycles. The lowest BCUT2D eigenvalue weighted by Crippen LogP contribution is -2.46. The van der Waals surface area contributed by atoms with E-state index in [-0.39, 0.29) is 18.2 Å². The van der Waals surface area contributed by atoms with Crippen molar-refractivity contribution in [2.75, 3.05) is 13.7 Å². The molecule has 2 amide bonds. The monoisotopic (exact) mass is 319 g/mol. The summed E-state index contributed by atoms with van der Waals surface area (Å²) in [5.41, 5.74) is 0.990. The van der Waals surface area contributed by atoms with E-state index in [4.69, 9.17) is 4.74 Å². The van der Waals surface area contributed by atoms with Gasteiger partial charge < -0.3 is 15.0 Å². The Kier molecular flexibility index (Phi) is 4.59. The van der Waals surface area contributed by atoms with Gasteiger partial charge in [0.15, 0.2) is 0 Å². The van der Waals surface area contributed by atoms with Gasteiger partial charge in [-0.25, -0.2) is 9.78 Å². The molecule has 1 aromatic heterocycles. The Hall–Kier alpha value is -1.66. The predicted molar refractivity (Wildman–Crippen MR) is 88.1 cm³/mol. The topological polar surface area (TPSA) is 54.5 Å². The molecule has 2 atom stereocenters. The summed E-state index contributed by atoms with van der Waals surface area (Å²) in [5, 5.41) is 3.96. The molecule has 118 valence electrons. The van der Waals surface area contributed by atoms with E-state index < -0.39 is 0 Å². The van der Waals surface area contributed by atoms with E-state index in [0.717, 1.165) is 34.7 Å². The fraction of sp³-hybridized carbons (Fsp3) is 0.500. The molecule has 2 aromatic rings. The highest BCUT2D eigenvalue weighted by Crippen LogP contribution is 2.22. The van der Waals surface area contributed by atoms with Gasteiger partial charge in [-0.15, -0.1) is 11.3 Å². The zero-order valence-electron chi connectivity index (χ0n) is 12.9. The van der Waals surface area contributed by atoms with Crippen molar-refractivity contribution in [3.05, 3.63) is 29.3 Å². The van der Waals surface area contributed by atoms with Crippen LogP contribution in [0.4, 0.5) is 4.79 Å². The third kappa shape index (κ3) is 3.39. The summed E-state index contributed by atoms with van der Waals surface area (Å²) < 4.78 is 6.76. The number of carbonyl (C=O) groups excluding carboxylic acids is 1. The molecule has 1 aliphatic rings. The van der Waals surface area contributed by atoms with Gasteiger partial charge in [-0.05, 0) is 31.9 Å². The smallest absolute Gasteiger partial charge is 0.317 e. The first-order valence-corrected chi connectivity index (χ1v) is 8.43. The highest BCUT2D eigenvalue weighted by atomic mass is 32.1. The van der Waals surface area contributed by atoms with Crippen LogP contribution in [0.3, 0.4) is 0 Å². The van der Waals surface area contributed by atoms with Crippen molar-refractivity contribution >= 4 is 27.6 Å². The Balaban J connectivity index is 1.58. The average molecular weight is 319 g/mol. The third-order valence-corrected chi connectivity index (χ3v) is 4.95. The minimum absolute atomic E-state index is 0.0350. The number of rotatable bonds is 4. The second-order valence-electron chi connectivity index (χ2n) is 5.72. The van der Waals surface area contributed by atoms with Crippen molar-refractivity contribution < 1.29 is 9.53 Å². The molecular formula is C16H21N3O2S. The fourth-order valence-corrected chi connectivity index (χ4v) is 3.68. The van der Waals surface area contributed by atoms with E-state index in [2.05, 4.69) is 16.4 Å². The maximum atomic E-state index is 12.3. The summed E-state index contributed by atoms with van der Waals surface area (Å²) in [6.45, 7) is 3.31. The molecule has 6 heteroatoms. The van der Waals surface area contributed by atoms with Crippen LogP contribution in [0.25, 0.3) is 10.2 Å². The van der Waals surface area contributed by atoms with Gasteiger partial charge in [0.25, 0.3) is 0 Å². The van der Waals surface area contributed by atoms with E-state index >= 15 is 0 Å². The van der Waals surface area contributed by atoms with E-state index in [0.29, 0.717) is 6.54 Å². The molecule has 0 aliphatic carbocycles. The Labute approximate surface area is 134 Å². The standard InChI is InChI=1S/C16H21N3O2S/c1-11(13-7-5-9-21-13)17-16(20)19(2)10-15-18-12-6-3-4-8-14(12)22-15/h3-4,6,8,11,13H,5,7,9-10H2,1-2H3,(H,17,20)/t11-,13-/m0/s1. The lowest BCUT2D eigenvalue weighted by atomic mass is 10.1. The quantitative estimate of drug-likeness (QED) is 0.942. The molecule has 0 bridgehead atoms. The molecule has 1 fully saturated rings. The number of nitrogens with one attached hydrogen (secondary N) is 1. The Morgan fingerprint density at radius 3 is 3.09 bits per heavy atom. The first-order chi connectivity index (χ1) is 10.6. The number of carbonyl (C=O) groups is 1. The molecule has 0 unspecified atom stereocenters. The van der Waals surface area contributed by atoms with Crippen molar-refractivity contribution in [2.24, 2.45) is 0 Å². The summed E-state index contributed by atoms with van der Waals surface area (Å²) >= 11 is 1.63. The van der Waals surface area contributed by atoms with Gasteiger partial charge in [0.1, 0.15) is 5.01 Å². The number of hydrogen-bond acceptors (Lipinski definition) is 4. The van der Waals surface area contributed by atoms with Gasteiger partial charge in [-0.1, -0.05) is 12.1 Å². The first kappa shape index (κ1) is 15.2. The molecule has 0 radical (unpaired) electrons. The molecule has 5 nitrogen and oxygen atoms in total. The first-order valence-electron chi connectivity index (χ1n) is 7.61. The van der Waals surface area contributed by atoms with E-state index in [9.17, 15) is 4.79 Å². The molecule has 1 N–H and O–H groups in total. The van der Waals surface area contributed by atoms with Gasteiger partial charge in [-0.2, -0.15) is 0 Å². The lowest BCUT2D eigenvalue weighted by Gasteiger charge is -2.23. The number of urea groups is 1. The van der Waals surface area contributed by atoms with E-state index in [1.54, 1.807) is 23.3 Å². The van der Waals surface area contributed by atoms with Gasteiger partial charge in [0, 0.05) is 13.7 Å².